The number of anilines is 2. The van der Waals surface area contributed by atoms with Crippen molar-refractivity contribution in [1.82, 2.24) is 0 Å². The Morgan fingerprint density at radius 2 is 1.96 bits per heavy atom. The molecule has 120 valence electrons. The molecule has 1 aliphatic rings. The van der Waals surface area contributed by atoms with Crippen LogP contribution < -0.4 is 16.4 Å². The Morgan fingerprint density at radius 3 is 2.70 bits per heavy atom. The number of amides is 3. The smallest absolute Gasteiger partial charge is 0.324 e. The monoisotopic (exact) mass is 329 g/mol. The molecule has 6 heteroatoms. The van der Waals surface area contributed by atoms with Gasteiger partial charge >= 0.3 is 6.03 Å². The van der Waals surface area contributed by atoms with E-state index in [1.807, 2.05) is 31.2 Å². The van der Waals surface area contributed by atoms with Gasteiger partial charge in [-0.05, 0) is 55.9 Å². The number of carbonyl (C=O) groups is 2. The number of fused-ring (bicyclic) bond motifs is 1. The van der Waals surface area contributed by atoms with Crippen LogP contribution in [0.5, 0.6) is 0 Å². The summed E-state index contributed by atoms with van der Waals surface area (Å²) in [6.07, 6.45) is 3.96. The Hall–Kier alpha value is -2.34. The van der Waals surface area contributed by atoms with Crippen LogP contribution in [0.1, 0.15) is 39.2 Å². The number of primary amides is 1. The van der Waals surface area contributed by atoms with E-state index in [1.165, 1.54) is 11.3 Å². The number of aryl methyl sites for hydroxylation is 2. The van der Waals surface area contributed by atoms with Gasteiger partial charge in [-0.2, -0.15) is 0 Å². The van der Waals surface area contributed by atoms with E-state index in [4.69, 9.17) is 5.73 Å². The van der Waals surface area contributed by atoms with Crippen molar-refractivity contribution in [2.24, 2.45) is 5.73 Å². The minimum atomic E-state index is -0.477. The zero-order valence-corrected chi connectivity index (χ0v) is 13.8. The van der Waals surface area contributed by atoms with Crippen molar-refractivity contribution in [2.45, 2.75) is 32.6 Å². The highest BCUT2D eigenvalue weighted by molar-refractivity contribution is 7.17. The minimum Gasteiger partial charge on any atom is -0.365 e. The van der Waals surface area contributed by atoms with Crippen molar-refractivity contribution < 1.29 is 9.59 Å². The molecule has 3 rings (SSSR count). The Labute approximate surface area is 138 Å². The summed E-state index contributed by atoms with van der Waals surface area (Å²) in [7, 11) is 0. The van der Waals surface area contributed by atoms with Crippen LogP contribution in [-0.4, -0.2) is 11.9 Å². The molecule has 2 aromatic rings. The average molecular weight is 329 g/mol. The maximum atomic E-state index is 12.2. The third kappa shape index (κ3) is 3.37. The second kappa shape index (κ2) is 6.42. The average Bonchev–Trinajstić information content (AvgIpc) is 2.84. The van der Waals surface area contributed by atoms with Crippen LogP contribution in [0.25, 0.3) is 0 Å². The van der Waals surface area contributed by atoms with Crippen LogP contribution in [0.4, 0.5) is 15.5 Å². The molecule has 4 N–H and O–H groups in total. The molecular formula is C17H19N3O2S. The summed E-state index contributed by atoms with van der Waals surface area (Å²) in [5.41, 5.74) is 8.79. The second-order valence-electron chi connectivity index (χ2n) is 5.73. The molecule has 1 aliphatic carbocycles. The summed E-state index contributed by atoms with van der Waals surface area (Å²) in [5.74, 6) is -0.477. The lowest BCUT2D eigenvalue weighted by Crippen LogP contribution is -2.22. The first-order valence-electron chi connectivity index (χ1n) is 7.63. The Balaban J connectivity index is 1.81. The van der Waals surface area contributed by atoms with E-state index in [0.29, 0.717) is 16.3 Å². The highest BCUT2D eigenvalue weighted by atomic mass is 32.1. The summed E-state index contributed by atoms with van der Waals surface area (Å²) >= 11 is 1.46. The largest absolute Gasteiger partial charge is 0.365 e. The maximum Gasteiger partial charge on any atom is 0.324 e. The van der Waals surface area contributed by atoms with Crippen molar-refractivity contribution in [1.29, 1.82) is 0 Å². The van der Waals surface area contributed by atoms with Crippen LogP contribution in [0, 0.1) is 6.92 Å². The van der Waals surface area contributed by atoms with Crippen molar-refractivity contribution in [2.75, 3.05) is 10.6 Å². The number of urea groups is 1. The van der Waals surface area contributed by atoms with E-state index >= 15 is 0 Å². The summed E-state index contributed by atoms with van der Waals surface area (Å²) < 4.78 is 0. The lowest BCUT2D eigenvalue weighted by Gasteiger charge is -2.11. The zero-order valence-electron chi connectivity index (χ0n) is 12.9. The summed E-state index contributed by atoms with van der Waals surface area (Å²) in [4.78, 5) is 25.2. The highest BCUT2D eigenvalue weighted by Crippen LogP contribution is 2.37. The predicted octanol–water partition coefficient (Wildman–Crippen LogP) is 3.68. The number of rotatable bonds is 3. The van der Waals surface area contributed by atoms with Crippen molar-refractivity contribution in [3.05, 3.63) is 45.8 Å². The molecule has 0 bridgehead atoms. The zero-order chi connectivity index (χ0) is 16.4. The first-order valence-corrected chi connectivity index (χ1v) is 8.45. The molecule has 0 saturated carbocycles. The van der Waals surface area contributed by atoms with Crippen LogP contribution in [0.15, 0.2) is 24.3 Å². The van der Waals surface area contributed by atoms with Crippen LogP contribution in [0.2, 0.25) is 0 Å². The fourth-order valence-electron chi connectivity index (χ4n) is 2.90. The lowest BCUT2D eigenvalue weighted by atomic mass is 9.95. The van der Waals surface area contributed by atoms with Gasteiger partial charge < -0.3 is 11.1 Å². The third-order valence-electron chi connectivity index (χ3n) is 3.92. The van der Waals surface area contributed by atoms with Crippen molar-refractivity contribution >= 4 is 34.0 Å². The van der Waals surface area contributed by atoms with Gasteiger partial charge in [-0.25, -0.2) is 4.79 Å². The molecule has 3 amide bonds. The molecular weight excluding hydrogens is 310 g/mol. The second-order valence-corrected chi connectivity index (χ2v) is 6.83. The Morgan fingerprint density at radius 1 is 1.17 bits per heavy atom. The van der Waals surface area contributed by atoms with Crippen LogP contribution in [-0.2, 0) is 12.8 Å². The van der Waals surface area contributed by atoms with E-state index in [-0.39, 0.29) is 6.03 Å². The quantitative estimate of drug-likeness (QED) is 0.802. The van der Waals surface area contributed by atoms with Gasteiger partial charge in [0, 0.05) is 10.6 Å². The molecule has 0 saturated heterocycles. The predicted molar refractivity (Wildman–Crippen MR) is 93.3 cm³/mol. The fraction of sp³-hybridized carbons (Fsp3) is 0.294. The molecule has 1 aromatic heterocycles. The van der Waals surface area contributed by atoms with Crippen molar-refractivity contribution in [3.63, 3.8) is 0 Å². The molecule has 0 aliphatic heterocycles. The highest BCUT2D eigenvalue weighted by Gasteiger charge is 2.24. The number of benzene rings is 1. The topological polar surface area (TPSA) is 84.2 Å². The fourth-order valence-corrected chi connectivity index (χ4v) is 4.19. The number of hydrogen-bond donors (Lipinski definition) is 3. The molecule has 1 heterocycles. The van der Waals surface area contributed by atoms with Gasteiger partial charge in [0.25, 0.3) is 5.91 Å². The van der Waals surface area contributed by atoms with Gasteiger partial charge in [0.1, 0.15) is 5.00 Å². The van der Waals surface area contributed by atoms with E-state index in [2.05, 4.69) is 10.6 Å². The Bertz CT molecular complexity index is 767. The van der Waals surface area contributed by atoms with E-state index in [9.17, 15) is 9.59 Å². The number of carbonyl (C=O) groups excluding carboxylic acids is 2. The summed E-state index contributed by atoms with van der Waals surface area (Å²) in [6.45, 7) is 1.96. The number of nitrogens with two attached hydrogens (primary N) is 1. The van der Waals surface area contributed by atoms with Gasteiger partial charge in [-0.3, -0.25) is 10.1 Å². The molecule has 0 spiro atoms. The standard InChI is InChI=1S/C17H19N3O2S/c1-10-5-4-6-11(9-10)19-17(22)20-16-14(15(18)21)12-7-2-3-8-13(12)23-16/h4-6,9H,2-3,7-8H2,1H3,(H2,18,21)(H2,19,20,22). The summed E-state index contributed by atoms with van der Waals surface area (Å²) in [6, 6.07) is 7.18. The SMILES string of the molecule is Cc1cccc(NC(=O)Nc2sc3c(c2C(N)=O)CCCC3)c1. The van der Waals surface area contributed by atoms with Crippen molar-refractivity contribution in [3.8, 4) is 0 Å². The third-order valence-corrected chi connectivity index (χ3v) is 5.13. The molecule has 0 atom stereocenters. The molecule has 0 fully saturated rings. The minimum absolute atomic E-state index is 0.364. The van der Waals surface area contributed by atoms with Gasteiger partial charge in [0.2, 0.25) is 0 Å². The molecule has 0 radical (unpaired) electrons. The van der Waals surface area contributed by atoms with E-state index in [0.717, 1.165) is 41.7 Å². The Kier molecular flexibility index (Phi) is 4.34. The first-order chi connectivity index (χ1) is 11.0. The normalized spacial score (nSPS) is 13.3. The van der Waals surface area contributed by atoms with Gasteiger partial charge in [0.15, 0.2) is 0 Å². The van der Waals surface area contributed by atoms with Crippen LogP contribution in [0.3, 0.4) is 0 Å². The molecule has 1 aromatic carbocycles. The number of hydrogen-bond acceptors (Lipinski definition) is 3. The number of nitrogens with one attached hydrogen (secondary N) is 2. The van der Waals surface area contributed by atoms with Gasteiger partial charge in [0.05, 0.1) is 5.56 Å². The van der Waals surface area contributed by atoms with Gasteiger partial charge in [-0.15, -0.1) is 11.3 Å². The molecule has 23 heavy (non-hydrogen) atoms. The lowest BCUT2D eigenvalue weighted by molar-refractivity contribution is 0.100. The molecule has 5 nitrogen and oxygen atoms in total. The first kappa shape index (κ1) is 15.6. The molecule has 0 unspecified atom stereocenters. The van der Waals surface area contributed by atoms with E-state index < -0.39 is 5.91 Å². The number of thiophene rings is 1. The van der Waals surface area contributed by atoms with Crippen LogP contribution >= 0.6 is 11.3 Å². The summed E-state index contributed by atoms with van der Waals surface area (Å²) in [5, 5.41) is 6.12. The van der Waals surface area contributed by atoms with E-state index in [1.54, 1.807) is 0 Å². The maximum absolute atomic E-state index is 12.2. The van der Waals surface area contributed by atoms with Gasteiger partial charge in [-0.1, -0.05) is 12.1 Å².